The zero-order valence-corrected chi connectivity index (χ0v) is 11.9. The fourth-order valence-corrected chi connectivity index (χ4v) is 1.60. The van der Waals surface area contributed by atoms with E-state index in [1.807, 2.05) is 0 Å². The fraction of sp³-hybridized carbons (Fsp3) is 0.462. The first-order valence-electron chi connectivity index (χ1n) is 6.27. The molecular formula is C13H16ClF3N2O2. The quantitative estimate of drug-likeness (QED) is 0.595. The van der Waals surface area contributed by atoms with E-state index in [2.05, 4.69) is 5.32 Å². The number of nitrogens with two attached hydrogens (primary N) is 1. The van der Waals surface area contributed by atoms with Crippen molar-refractivity contribution in [2.45, 2.75) is 25.4 Å². The molecule has 0 radical (unpaired) electrons. The molecule has 0 aliphatic carbocycles. The van der Waals surface area contributed by atoms with Crippen LogP contribution >= 0.6 is 11.6 Å². The van der Waals surface area contributed by atoms with Crippen molar-refractivity contribution in [2.75, 3.05) is 24.3 Å². The van der Waals surface area contributed by atoms with E-state index in [0.717, 1.165) is 0 Å². The lowest BCUT2D eigenvalue weighted by molar-refractivity contribution is -0.138. The Kier molecular flexibility index (Phi) is 6.77. The monoisotopic (exact) mass is 324 g/mol. The molecule has 0 aromatic heterocycles. The first-order chi connectivity index (χ1) is 9.78. The molecular weight excluding hydrogens is 309 g/mol. The van der Waals surface area contributed by atoms with Gasteiger partial charge in [-0.1, -0.05) is 11.6 Å². The molecule has 21 heavy (non-hydrogen) atoms. The van der Waals surface area contributed by atoms with Gasteiger partial charge < -0.3 is 15.8 Å². The maximum atomic E-state index is 11.9. The average molecular weight is 325 g/mol. The zero-order valence-electron chi connectivity index (χ0n) is 11.2. The van der Waals surface area contributed by atoms with Gasteiger partial charge >= 0.3 is 6.18 Å². The highest BCUT2D eigenvalue weighted by Gasteiger charge is 2.25. The van der Waals surface area contributed by atoms with Crippen LogP contribution < -0.4 is 11.1 Å². The molecule has 0 fully saturated rings. The topological polar surface area (TPSA) is 64.3 Å². The number of amides is 1. The van der Waals surface area contributed by atoms with Crippen LogP contribution in [0.4, 0.5) is 24.5 Å². The van der Waals surface area contributed by atoms with Crippen molar-refractivity contribution in [3.8, 4) is 0 Å². The molecule has 3 N–H and O–H groups in total. The third-order valence-electron chi connectivity index (χ3n) is 2.50. The van der Waals surface area contributed by atoms with Gasteiger partial charge in [-0.15, -0.1) is 0 Å². The van der Waals surface area contributed by atoms with Crippen LogP contribution in [0, 0.1) is 0 Å². The van der Waals surface area contributed by atoms with Crippen LogP contribution in [0.25, 0.3) is 0 Å². The number of nitrogens with one attached hydrogen (secondary N) is 1. The summed E-state index contributed by atoms with van der Waals surface area (Å²) < 4.78 is 40.5. The van der Waals surface area contributed by atoms with E-state index in [1.54, 1.807) is 12.1 Å². The number of benzene rings is 1. The van der Waals surface area contributed by atoms with Crippen LogP contribution in [0.2, 0.25) is 5.02 Å². The molecule has 0 aliphatic heterocycles. The number of hydrogen-bond donors (Lipinski definition) is 2. The number of nitrogen functional groups attached to an aromatic ring is 1. The van der Waals surface area contributed by atoms with Gasteiger partial charge in [-0.05, 0) is 24.6 Å². The Balaban J connectivity index is 2.18. The first-order valence-corrected chi connectivity index (χ1v) is 6.65. The van der Waals surface area contributed by atoms with Gasteiger partial charge in [-0.2, -0.15) is 13.2 Å². The van der Waals surface area contributed by atoms with E-state index in [0.29, 0.717) is 16.4 Å². The Bertz CT molecular complexity index is 481. The van der Waals surface area contributed by atoms with Crippen LogP contribution in [0.3, 0.4) is 0 Å². The smallest absolute Gasteiger partial charge is 0.389 e. The minimum absolute atomic E-state index is 0.0271. The molecule has 0 aliphatic rings. The van der Waals surface area contributed by atoms with Gasteiger partial charge in [0.1, 0.15) is 0 Å². The van der Waals surface area contributed by atoms with Crippen LogP contribution in [-0.2, 0) is 9.53 Å². The summed E-state index contributed by atoms with van der Waals surface area (Å²) in [5.74, 6) is -0.312. The lowest BCUT2D eigenvalue weighted by Crippen LogP contribution is -2.15. The van der Waals surface area contributed by atoms with E-state index >= 15 is 0 Å². The predicted octanol–water partition coefficient (Wildman–Crippen LogP) is 3.61. The second-order valence-corrected chi connectivity index (χ2v) is 4.77. The van der Waals surface area contributed by atoms with Gasteiger partial charge in [-0.25, -0.2) is 0 Å². The summed E-state index contributed by atoms with van der Waals surface area (Å²) in [5, 5.41) is 2.98. The fourth-order valence-electron chi connectivity index (χ4n) is 1.49. The Labute approximate surface area is 125 Å². The molecule has 1 aromatic carbocycles. The molecule has 0 saturated carbocycles. The van der Waals surface area contributed by atoms with Crippen LogP contribution in [0.1, 0.15) is 19.3 Å². The van der Waals surface area contributed by atoms with Gasteiger partial charge in [0.25, 0.3) is 0 Å². The summed E-state index contributed by atoms with van der Waals surface area (Å²) in [5.41, 5.74) is 6.43. The molecule has 1 aromatic rings. The third-order valence-corrected chi connectivity index (χ3v) is 2.85. The first kappa shape index (κ1) is 17.6. The SMILES string of the molecule is Nc1cc(NC(=O)CCOCCCC(F)(F)F)ccc1Cl. The molecule has 8 heteroatoms. The average Bonchev–Trinajstić information content (AvgIpc) is 2.37. The summed E-state index contributed by atoms with van der Waals surface area (Å²) in [4.78, 5) is 11.6. The van der Waals surface area contributed by atoms with Crippen molar-refractivity contribution < 1.29 is 22.7 Å². The number of anilines is 2. The third kappa shape index (κ3) is 7.77. The number of rotatable bonds is 7. The lowest BCUT2D eigenvalue weighted by Gasteiger charge is -2.08. The van der Waals surface area contributed by atoms with Crippen molar-refractivity contribution in [2.24, 2.45) is 0 Å². The predicted molar refractivity (Wildman–Crippen MR) is 75.2 cm³/mol. The Hall–Kier alpha value is -1.47. The Morgan fingerprint density at radius 1 is 1.33 bits per heavy atom. The van der Waals surface area contributed by atoms with E-state index < -0.39 is 12.6 Å². The number of halogens is 4. The van der Waals surface area contributed by atoms with E-state index in [9.17, 15) is 18.0 Å². The molecule has 0 unspecified atom stereocenters. The molecule has 0 spiro atoms. The molecule has 118 valence electrons. The summed E-state index contributed by atoms with van der Waals surface area (Å²) in [6.07, 6.45) is -5.12. The largest absolute Gasteiger partial charge is 0.397 e. The van der Waals surface area contributed by atoms with Crippen molar-refractivity contribution in [3.63, 3.8) is 0 Å². The number of carbonyl (C=O) groups is 1. The number of alkyl halides is 3. The summed E-state index contributed by atoms with van der Waals surface area (Å²) in [6, 6.07) is 4.67. The Morgan fingerprint density at radius 2 is 2.05 bits per heavy atom. The molecule has 1 rings (SSSR count). The maximum absolute atomic E-state index is 11.9. The molecule has 4 nitrogen and oxygen atoms in total. The van der Waals surface area contributed by atoms with E-state index in [4.69, 9.17) is 22.1 Å². The highest BCUT2D eigenvalue weighted by Crippen LogP contribution is 2.22. The van der Waals surface area contributed by atoms with Gasteiger partial charge in [0.15, 0.2) is 0 Å². The minimum atomic E-state index is -4.17. The van der Waals surface area contributed by atoms with Gasteiger partial charge in [0.2, 0.25) is 5.91 Å². The van der Waals surface area contributed by atoms with Gasteiger partial charge in [-0.3, -0.25) is 4.79 Å². The highest BCUT2D eigenvalue weighted by molar-refractivity contribution is 6.33. The van der Waals surface area contributed by atoms with Crippen LogP contribution in [0.15, 0.2) is 18.2 Å². The number of ether oxygens (including phenoxy) is 1. The Morgan fingerprint density at radius 3 is 2.67 bits per heavy atom. The highest BCUT2D eigenvalue weighted by atomic mass is 35.5. The molecule has 0 heterocycles. The van der Waals surface area contributed by atoms with Gasteiger partial charge in [0, 0.05) is 18.7 Å². The summed E-state index contributed by atoms with van der Waals surface area (Å²) in [6.45, 7) is 0.0352. The van der Waals surface area contributed by atoms with Crippen molar-refractivity contribution in [1.29, 1.82) is 0 Å². The van der Waals surface area contributed by atoms with Gasteiger partial charge in [0.05, 0.1) is 23.7 Å². The van der Waals surface area contributed by atoms with Crippen LogP contribution in [0.5, 0.6) is 0 Å². The number of carbonyl (C=O) groups excluding carboxylic acids is 1. The lowest BCUT2D eigenvalue weighted by atomic mass is 10.2. The molecule has 0 bridgehead atoms. The second-order valence-electron chi connectivity index (χ2n) is 4.37. The number of hydrogen-bond acceptors (Lipinski definition) is 3. The maximum Gasteiger partial charge on any atom is 0.389 e. The molecule has 0 saturated heterocycles. The van der Waals surface area contributed by atoms with Crippen molar-refractivity contribution in [1.82, 2.24) is 0 Å². The summed E-state index contributed by atoms with van der Waals surface area (Å²) in [7, 11) is 0. The molecule has 0 atom stereocenters. The molecule has 1 amide bonds. The standard InChI is InChI=1S/C13H16ClF3N2O2/c14-10-3-2-9(8-11(10)18)19-12(20)4-7-21-6-1-5-13(15,16)17/h2-3,8H,1,4-7,18H2,(H,19,20). The van der Waals surface area contributed by atoms with Crippen LogP contribution in [-0.4, -0.2) is 25.3 Å². The second kappa shape index (κ2) is 8.09. The minimum Gasteiger partial charge on any atom is -0.397 e. The zero-order chi connectivity index (χ0) is 15.9. The van der Waals surface area contributed by atoms with E-state index in [1.165, 1.54) is 6.07 Å². The summed E-state index contributed by atoms with van der Waals surface area (Å²) >= 11 is 5.74. The van der Waals surface area contributed by atoms with Crippen molar-refractivity contribution >= 4 is 28.9 Å². The normalized spacial score (nSPS) is 11.4. The van der Waals surface area contributed by atoms with Crippen molar-refractivity contribution in [3.05, 3.63) is 23.2 Å². The van der Waals surface area contributed by atoms with E-state index in [-0.39, 0.29) is 32.0 Å².